The van der Waals surface area contributed by atoms with Crippen molar-refractivity contribution in [3.05, 3.63) is 65.7 Å². The van der Waals surface area contributed by atoms with Crippen LogP contribution in [0.1, 0.15) is 11.1 Å². The molecule has 0 aliphatic rings. The summed E-state index contributed by atoms with van der Waals surface area (Å²) in [5.41, 5.74) is 8.06. The second-order valence-corrected chi connectivity index (χ2v) is 4.23. The van der Waals surface area contributed by atoms with Gasteiger partial charge in [-0.3, -0.25) is 0 Å². The van der Waals surface area contributed by atoms with Crippen molar-refractivity contribution in [3.8, 4) is 5.75 Å². The number of hydrogen-bond acceptors (Lipinski definition) is 2. The number of rotatable bonds is 6. The average molecular weight is 241 g/mol. The molecule has 0 atom stereocenters. The molecule has 0 aromatic heterocycles. The zero-order valence-electron chi connectivity index (χ0n) is 10.5. The summed E-state index contributed by atoms with van der Waals surface area (Å²) in [7, 11) is 0. The van der Waals surface area contributed by atoms with E-state index in [4.69, 9.17) is 10.5 Å². The van der Waals surface area contributed by atoms with Gasteiger partial charge >= 0.3 is 0 Å². The molecule has 18 heavy (non-hydrogen) atoms. The molecule has 0 saturated heterocycles. The monoisotopic (exact) mass is 241 g/mol. The van der Waals surface area contributed by atoms with Gasteiger partial charge < -0.3 is 10.5 Å². The summed E-state index contributed by atoms with van der Waals surface area (Å²) >= 11 is 0. The van der Waals surface area contributed by atoms with Crippen molar-refractivity contribution in [3.63, 3.8) is 0 Å². The van der Waals surface area contributed by atoms with Crippen LogP contribution in [0.2, 0.25) is 0 Å². The van der Waals surface area contributed by atoms with Gasteiger partial charge in [0.15, 0.2) is 0 Å². The minimum absolute atomic E-state index is 0.549. The molecule has 2 heteroatoms. The molecule has 0 spiro atoms. The Hall–Kier alpha value is -1.80. The van der Waals surface area contributed by atoms with Crippen LogP contribution in [0, 0.1) is 0 Å². The van der Waals surface area contributed by atoms with Crippen LogP contribution >= 0.6 is 0 Å². The van der Waals surface area contributed by atoms with E-state index < -0.39 is 0 Å². The van der Waals surface area contributed by atoms with Crippen LogP contribution in [0.15, 0.2) is 54.6 Å². The van der Waals surface area contributed by atoms with E-state index in [1.54, 1.807) is 0 Å². The number of aryl methyl sites for hydroxylation is 2. The number of benzene rings is 2. The molecule has 2 nitrogen and oxygen atoms in total. The Morgan fingerprint density at radius 1 is 0.833 bits per heavy atom. The van der Waals surface area contributed by atoms with Crippen LogP contribution in [-0.4, -0.2) is 13.2 Å². The smallest absolute Gasteiger partial charge is 0.122 e. The highest BCUT2D eigenvalue weighted by Gasteiger charge is 2.02. The first-order chi connectivity index (χ1) is 8.90. The van der Waals surface area contributed by atoms with E-state index in [0.29, 0.717) is 13.2 Å². The van der Waals surface area contributed by atoms with Gasteiger partial charge in [0, 0.05) is 6.54 Å². The van der Waals surface area contributed by atoms with Crippen LogP contribution in [0.4, 0.5) is 0 Å². The lowest BCUT2D eigenvalue weighted by Gasteiger charge is -2.10. The molecule has 0 aliphatic heterocycles. The second kappa shape index (κ2) is 6.82. The van der Waals surface area contributed by atoms with E-state index in [1.807, 2.05) is 18.2 Å². The predicted octanol–water partition coefficient (Wildman–Crippen LogP) is 2.81. The van der Waals surface area contributed by atoms with E-state index in [9.17, 15) is 0 Å². The quantitative estimate of drug-likeness (QED) is 0.844. The van der Waals surface area contributed by atoms with Gasteiger partial charge in [0.05, 0.1) is 0 Å². The number of para-hydroxylation sites is 1. The fourth-order valence-corrected chi connectivity index (χ4v) is 1.94. The third-order valence-electron chi connectivity index (χ3n) is 2.87. The normalized spacial score (nSPS) is 10.3. The van der Waals surface area contributed by atoms with Crippen LogP contribution in [-0.2, 0) is 12.8 Å². The molecule has 2 rings (SSSR count). The third-order valence-corrected chi connectivity index (χ3v) is 2.87. The zero-order chi connectivity index (χ0) is 12.6. The minimum atomic E-state index is 0.549. The average Bonchev–Trinajstić information content (AvgIpc) is 2.45. The Morgan fingerprint density at radius 3 is 2.33 bits per heavy atom. The van der Waals surface area contributed by atoms with Gasteiger partial charge in [-0.05, 0) is 30.0 Å². The predicted molar refractivity (Wildman–Crippen MR) is 74.8 cm³/mol. The first kappa shape index (κ1) is 12.7. The third kappa shape index (κ3) is 3.60. The van der Waals surface area contributed by atoms with Crippen LogP contribution < -0.4 is 10.5 Å². The summed E-state index contributed by atoms with van der Waals surface area (Å²) in [5.74, 6) is 0.957. The van der Waals surface area contributed by atoms with Gasteiger partial charge in [0.1, 0.15) is 12.4 Å². The van der Waals surface area contributed by atoms with Crippen LogP contribution in [0.3, 0.4) is 0 Å². The number of hydrogen-bond donors (Lipinski definition) is 1. The zero-order valence-corrected chi connectivity index (χ0v) is 10.5. The summed E-state index contributed by atoms with van der Waals surface area (Å²) in [6, 6.07) is 18.7. The van der Waals surface area contributed by atoms with Crippen molar-refractivity contribution < 1.29 is 4.74 Å². The van der Waals surface area contributed by atoms with Crippen molar-refractivity contribution in [1.82, 2.24) is 0 Å². The largest absolute Gasteiger partial charge is 0.492 e. The molecule has 0 bridgehead atoms. The van der Waals surface area contributed by atoms with Crippen LogP contribution in [0.5, 0.6) is 5.75 Å². The molecule has 2 N–H and O–H groups in total. The maximum atomic E-state index is 5.65. The highest BCUT2D eigenvalue weighted by atomic mass is 16.5. The van der Waals surface area contributed by atoms with Crippen molar-refractivity contribution >= 4 is 0 Å². The van der Waals surface area contributed by atoms with Gasteiger partial charge in [-0.25, -0.2) is 0 Å². The summed E-state index contributed by atoms with van der Waals surface area (Å²) in [5, 5.41) is 0. The summed E-state index contributed by atoms with van der Waals surface area (Å²) in [6.45, 7) is 1.12. The Kier molecular flexibility index (Phi) is 4.79. The van der Waals surface area contributed by atoms with Gasteiger partial charge in [-0.1, -0.05) is 48.5 Å². The van der Waals surface area contributed by atoms with Gasteiger partial charge in [-0.2, -0.15) is 0 Å². The van der Waals surface area contributed by atoms with Gasteiger partial charge in [-0.15, -0.1) is 0 Å². The lowest BCUT2D eigenvalue weighted by Crippen LogP contribution is -2.11. The van der Waals surface area contributed by atoms with E-state index in [1.165, 1.54) is 11.1 Å². The molecule has 2 aromatic carbocycles. The van der Waals surface area contributed by atoms with Crippen molar-refractivity contribution in [2.24, 2.45) is 5.73 Å². The standard InChI is InChI=1S/C16H19NO/c17-12-13-18-16-9-5-4-8-15(16)11-10-14-6-2-1-3-7-14/h1-9H,10-13,17H2. The molecule has 0 saturated carbocycles. The lowest BCUT2D eigenvalue weighted by atomic mass is 10.0. The Bertz CT molecular complexity index is 468. The molecule has 0 unspecified atom stereocenters. The molecule has 0 heterocycles. The van der Waals surface area contributed by atoms with E-state index in [0.717, 1.165) is 18.6 Å². The molecule has 0 amide bonds. The van der Waals surface area contributed by atoms with Crippen molar-refractivity contribution in [1.29, 1.82) is 0 Å². The van der Waals surface area contributed by atoms with Crippen molar-refractivity contribution in [2.45, 2.75) is 12.8 Å². The minimum Gasteiger partial charge on any atom is -0.492 e. The first-order valence-corrected chi connectivity index (χ1v) is 6.35. The highest BCUT2D eigenvalue weighted by molar-refractivity contribution is 5.34. The summed E-state index contributed by atoms with van der Waals surface area (Å²) < 4.78 is 5.65. The number of ether oxygens (including phenoxy) is 1. The Balaban J connectivity index is 2.00. The Morgan fingerprint density at radius 2 is 1.56 bits per heavy atom. The van der Waals surface area contributed by atoms with E-state index in [-0.39, 0.29) is 0 Å². The maximum Gasteiger partial charge on any atom is 0.122 e. The molecular weight excluding hydrogens is 222 g/mol. The number of nitrogens with two attached hydrogens (primary N) is 1. The lowest BCUT2D eigenvalue weighted by molar-refractivity contribution is 0.325. The fourth-order valence-electron chi connectivity index (χ4n) is 1.94. The molecule has 0 radical (unpaired) electrons. The topological polar surface area (TPSA) is 35.2 Å². The highest BCUT2D eigenvalue weighted by Crippen LogP contribution is 2.19. The maximum absolute atomic E-state index is 5.65. The van der Waals surface area contributed by atoms with Crippen molar-refractivity contribution in [2.75, 3.05) is 13.2 Å². The second-order valence-electron chi connectivity index (χ2n) is 4.23. The SMILES string of the molecule is NCCOc1ccccc1CCc1ccccc1. The Labute approximate surface area is 108 Å². The fraction of sp³-hybridized carbons (Fsp3) is 0.250. The summed E-state index contributed by atoms with van der Waals surface area (Å²) in [6.07, 6.45) is 2.02. The molecule has 2 aromatic rings. The van der Waals surface area contributed by atoms with E-state index in [2.05, 4.69) is 36.4 Å². The summed E-state index contributed by atoms with van der Waals surface area (Å²) in [4.78, 5) is 0. The van der Waals surface area contributed by atoms with Crippen LogP contribution in [0.25, 0.3) is 0 Å². The molecule has 94 valence electrons. The van der Waals surface area contributed by atoms with Gasteiger partial charge in [0.25, 0.3) is 0 Å². The first-order valence-electron chi connectivity index (χ1n) is 6.35. The molecule has 0 aliphatic carbocycles. The van der Waals surface area contributed by atoms with E-state index >= 15 is 0 Å². The van der Waals surface area contributed by atoms with Gasteiger partial charge in [0.2, 0.25) is 0 Å². The molecular formula is C16H19NO. The molecule has 0 fully saturated rings.